The van der Waals surface area contributed by atoms with E-state index in [1.54, 1.807) is 17.2 Å². The second-order valence-electron chi connectivity index (χ2n) is 4.30. The van der Waals surface area contributed by atoms with E-state index in [9.17, 15) is 4.79 Å². The molecular weight excluding hydrogens is 248 g/mol. The fourth-order valence-electron chi connectivity index (χ4n) is 1.83. The van der Waals surface area contributed by atoms with Crippen LogP contribution in [0.15, 0.2) is 60.8 Å². The molecule has 1 aromatic carbocycles. The number of para-hydroxylation sites is 1. The van der Waals surface area contributed by atoms with E-state index < -0.39 is 0 Å². The van der Waals surface area contributed by atoms with Crippen molar-refractivity contribution in [2.45, 2.75) is 6.42 Å². The molecule has 3 nitrogen and oxygen atoms in total. The zero-order valence-electron chi connectivity index (χ0n) is 11.2. The van der Waals surface area contributed by atoms with Crippen molar-refractivity contribution in [1.29, 1.82) is 0 Å². The van der Waals surface area contributed by atoms with Crippen LogP contribution in [-0.2, 0) is 4.79 Å². The van der Waals surface area contributed by atoms with Gasteiger partial charge < -0.3 is 5.73 Å². The molecule has 100 valence electrons. The third kappa shape index (κ3) is 3.25. The summed E-state index contributed by atoms with van der Waals surface area (Å²) in [7, 11) is 0. The Hall–Kier alpha value is -2.57. The molecule has 0 saturated heterocycles. The summed E-state index contributed by atoms with van der Waals surface area (Å²) in [4.78, 5) is 13.8. The van der Waals surface area contributed by atoms with Gasteiger partial charge in [0, 0.05) is 30.3 Å². The Balaban J connectivity index is 2.51. The first-order valence-corrected chi connectivity index (χ1v) is 6.39. The smallest absolute Gasteiger partial charge is 0.232 e. The lowest BCUT2D eigenvalue weighted by molar-refractivity contribution is -0.117. The van der Waals surface area contributed by atoms with Gasteiger partial charge in [0.2, 0.25) is 5.91 Å². The number of benzene rings is 1. The summed E-state index contributed by atoms with van der Waals surface area (Å²) in [5.41, 5.74) is 7.76. The van der Waals surface area contributed by atoms with Gasteiger partial charge in [-0.1, -0.05) is 36.6 Å². The van der Waals surface area contributed by atoms with E-state index in [1.807, 2.05) is 36.4 Å². The van der Waals surface area contributed by atoms with Crippen LogP contribution >= 0.6 is 0 Å². The Bertz CT molecular complexity index is 644. The standard InChI is InChI=1S/C17H16N2O/c1-14-6-4-5-13-19(17(20)11-12-18)16-8-3-2-7-15(16)10-9-14/h2-8,13H,1,11-12,18H2/b6-4-,13-5-. The van der Waals surface area contributed by atoms with Crippen molar-refractivity contribution in [2.75, 3.05) is 11.4 Å². The molecule has 1 heterocycles. The van der Waals surface area contributed by atoms with Crippen LogP contribution in [0.4, 0.5) is 5.69 Å². The van der Waals surface area contributed by atoms with E-state index in [2.05, 4.69) is 18.4 Å². The summed E-state index contributed by atoms with van der Waals surface area (Å²) in [5, 5.41) is 0. The fraction of sp³-hybridized carbons (Fsp3) is 0.118. The molecule has 20 heavy (non-hydrogen) atoms. The highest BCUT2D eigenvalue weighted by molar-refractivity contribution is 5.96. The van der Waals surface area contributed by atoms with E-state index in [0.717, 1.165) is 16.8 Å². The molecule has 0 aromatic heterocycles. The molecular formula is C17H16N2O. The molecule has 2 rings (SSSR count). The lowest BCUT2D eigenvalue weighted by Crippen LogP contribution is -2.27. The number of hydrogen-bond acceptors (Lipinski definition) is 2. The van der Waals surface area contributed by atoms with E-state index >= 15 is 0 Å². The summed E-state index contributed by atoms with van der Waals surface area (Å²) in [5.74, 6) is 5.97. The van der Waals surface area contributed by atoms with Gasteiger partial charge in [0.05, 0.1) is 5.69 Å². The number of nitrogens with two attached hydrogens (primary N) is 1. The van der Waals surface area contributed by atoms with Crippen molar-refractivity contribution in [3.05, 3.63) is 66.4 Å². The van der Waals surface area contributed by atoms with Gasteiger partial charge in [-0.25, -0.2) is 0 Å². The van der Waals surface area contributed by atoms with Crippen molar-refractivity contribution < 1.29 is 4.79 Å². The highest BCUT2D eigenvalue weighted by atomic mass is 16.2. The Morgan fingerprint density at radius 3 is 2.85 bits per heavy atom. The molecule has 3 heteroatoms. The van der Waals surface area contributed by atoms with Crippen LogP contribution in [0.1, 0.15) is 12.0 Å². The number of rotatable bonds is 2. The molecule has 1 amide bonds. The van der Waals surface area contributed by atoms with Gasteiger partial charge in [-0.15, -0.1) is 0 Å². The van der Waals surface area contributed by atoms with E-state index in [4.69, 9.17) is 5.73 Å². The minimum absolute atomic E-state index is 0.0502. The number of amides is 1. The molecule has 0 saturated carbocycles. The highest BCUT2D eigenvalue weighted by Crippen LogP contribution is 2.21. The third-order valence-corrected chi connectivity index (χ3v) is 2.79. The maximum absolute atomic E-state index is 12.2. The van der Waals surface area contributed by atoms with Crippen LogP contribution in [0.3, 0.4) is 0 Å². The minimum atomic E-state index is -0.0502. The van der Waals surface area contributed by atoms with Crippen molar-refractivity contribution >= 4 is 11.6 Å². The minimum Gasteiger partial charge on any atom is -0.330 e. The van der Waals surface area contributed by atoms with E-state index in [1.165, 1.54) is 0 Å². The van der Waals surface area contributed by atoms with Crippen LogP contribution in [-0.4, -0.2) is 12.5 Å². The van der Waals surface area contributed by atoms with Crippen molar-refractivity contribution in [2.24, 2.45) is 5.73 Å². The monoisotopic (exact) mass is 264 g/mol. The van der Waals surface area contributed by atoms with E-state index in [-0.39, 0.29) is 5.91 Å². The molecule has 0 aliphatic carbocycles. The number of fused-ring (bicyclic) bond motifs is 1. The van der Waals surface area contributed by atoms with Crippen molar-refractivity contribution in [3.8, 4) is 11.8 Å². The lowest BCUT2D eigenvalue weighted by atomic mass is 10.1. The molecule has 2 N–H and O–H groups in total. The number of allylic oxidation sites excluding steroid dienone is 4. The molecule has 0 radical (unpaired) electrons. The Morgan fingerprint density at radius 2 is 2.05 bits per heavy atom. The van der Waals surface area contributed by atoms with Crippen LogP contribution in [0.5, 0.6) is 0 Å². The predicted molar refractivity (Wildman–Crippen MR) is 81.9 cm³/mol. The largest absolute Gasteiger partial charge is 0.330 e. The first-order chi connectivity index (χ1) is 9.72. The molecule has 1 aliphatic rings. The van der Waals surface area contributed by atoms with Gasteiger partial charge >= 0.3 is 0 Å². The molecule has 0 bridgehead atoms. The fourth-order valence-corrected chi connectivity index (χ4v) is 1.83. The summed E-state index contributed by atoms with van der Waals surface area (Å²) in [6.45, 7) is 4.18. The number of anilines is 1. The second kappa shape index (κ2) is 6.55. The van der Waals surface area contributed by atoms with Crippen molar-refractivity contribution in [1.82, 2.24) is 0 Å². The van der Waals surface area contributed by atoms with Gasteiger partial charge in [0.1, 0.15) is 0 Å². The molecule has 0 unspecified atom stereocenters. The molecule has 1 aliphatic heterocycles. The van der Waals surface area contributed by atoms with Gasteiger partial charge in [-0.2, -0.15) is 0 Å². The summed E-state index contributed by atoms with van der Waals surface area (Å²) < 4.78 is 0. The van der Waals surface area contributed by atoms with Crippen LogP contribution < -0.4 is 10.6 Å². The Labute approximate surface area is 119 Å². The summed E-state index contributed by atoms with van der Waals surface area (Å²) in [6, 6.07) is 7.54. The van der Waals surface area contributed by atoms with Crippen LogP contribution in [0.25, 0.3) is 0 Å². The Kier molecular flexibility index (Phi) is 4.54. The van der Waals surface area contributed by atoms with Crippen molar-refractivity contribution in [3.63, 3.8) is 0 Å². The average molecular weight is 264 g/mol. The molecule has 0 atom stereocenters. The summed E-state index contributed by atoms with van der Waals surface area (Å²) >= 11 is 0. The third-order valence-electron chi connectivity index (χ3n) is 2.79. The number of carbonyl (C=O) groups excluding carboxylic acids is 1. The van der Waals surface area contributed by atoms with Crippen LogP contribution in [0.2, 0.25) is 0 Å². The number of nitrogens with zero attached hydrogens (tertiary/aromatic N) is 1. The Morgan fingerprint density at radius 1 is 1.25 bits per heavy atom. The SMILES string of the molecule is C=C1C#Cc2ccccc2N(C(=O)CCN)/C=C\C=C/1. The van der Waals surface area contributed by atoms with Gasteiger partial charge in [-0.05, 0) is 24.3 Å². The lowest BCUT2D eigenvalue weighted by Gasteiger charge is -2.20. The van der Waals surface area contributed by atoms with Crippen LogP contribution in [0, 0.1) is 11.8 Å². The predicted octanol–water partition coefficient (Wildman–Crippen LogP) is 2.36. The normalized spacial score (nSPS) is 16.6. The topological polar surface area (TPSA) is 46.3 Å². The second-order valence-corrected chi connectivity index (χ2v) is 4.30. The molecule has 0 fully saturated rings. The molecule has 0 spiro atoms. The van der Waals surface area contributed by atoms with E-state index in [0.29, 0.717) is 13.0 Å². The first kappa shape index (κ1) is 13.9. The molecule has 1 aromatic rings. The zero-order chi connectivity index (χ0) is 14.4. The summed E-state index contributed by atoms with van der Waals surface area (Å²) in [6.07, 6.45) is 7.44. The van der Waals surface area contributed by atoms with Gasteiger partial charge in [0.15, 0.2) is 0 Å². The highest BCUT2D eigenvalue weighted by Gasteiger charge is 2.14. The maximum atomic E-state index is 12.2. The van der Waals surface area contributed by atoms with Gasteiger partial charge in [0.25, 0.3) is 0 Å². The number of carbonyl (C=O) groups is 1. The first-order valence-electron chi connectivity index (χ1n) is 6.39. The maximum Gasteiger partial charge on any atom is 0.232 e. The van der Waals surface area contributed by atoms with Gasteiger partial charge in [-0.3, -0.25) is 9.69 Å². The average Bonchev–Trinajstić information content (AvgIpc) is 2.46. The number of hydrogen-bond donors (Lipinski definition) is 1. The quantitative estimate of drug-likeness (QED) is 0.833. The zero-order valence-corrected chi connectivity index (χ0v) is 11.2.